The fraction of sp³-hybridized carbons (Fsp3) is 0. The van der Waals surface area contributed by atoms with Crippen LogP contribution in [0.4, 0.5) is 0 Å². The predicted molar refractivity (Wildman–Crippen MR) is 227 cm³/mol. The molecule has 0 aliphatic carbocycles. The average molecular weight is 707 g/mol. The maximum atomic E-state index is 8.48. The fourth-order valence-electron chi connectivity index (χ4n) is 7.80. The van der Waals surface area contributed by atoms with E-state index in [1.165, 1.54) is 32.3 Å². The molecule has 0 fully saturated rings. The topological polar surface area (TPSA) is 51.8 Å². The first-order valence-corrected chi connectivity index (χ1v) is 18.1. The molecule has 0 saturated carbocycles. The van der Waals surface area contributed by atoms with E-state index >= 15 is 0 Å². The molecule has 0 bridgehead atoms. The summed E-state index contributed by atoms with van der Waals surface area (Å²) >= 11 is 0. The van der Waals surface area contributed by atoms with Crippen molar-refractivity contribution >= 4 is 54.3 Å². The SMILES string of the molecule is [2H]c1c([2H])c([2H])c(-c2ccc(-c3nc(-c4ccccc4)nc(-c4cccc5oc6ccc(-c7ccc8c9ccccc9c9ccccc9c8c7)cc6c45)n3)cc2)c([2H])c1[2H]. The second kappa shape index (κ2) is 12.6. The number of hydrogen-bond donors (Lipinski definition) is 0. The summed E-state index contributed by atoms with van der Waals surface area (Å²) in [5, 5.41) is 9.17. The van der Waals surface area contributed by atoms with Crippen LogP contribution in [-0.4, -0.2) is 15.0 Å². The van der Waals surface area contributed by atoms with Crippen molar-refractivity contribution in [2.24, 2.45) is 0 Å². The van der Waals surface area contributed by atoms with Gasteiger partial charge in [-0.05, 0) is 78.8 Å². The van der Waals surface area contributed by atoms with Gasteiger partial charge < -0.3 is 4.42 Å². The Morgan fingerprint density at radius 2 is 0.873 bits per heavy atom. The molecular formula is C51H31N3O. The van der Waals surface area contributed by atoms with E-state index in [-0.39, 0.29) is 29.7 Å². The van der Waals surface area contributed by atoms with Crippen LogP contribution in [0.5, 0.6) is 0 Å². The molecule has 4 heteroatoms. The van der Waals surface area contributed by atoms with Crippen LogP contribution in [0, 0.1) is 0 Å². The number of hydrogen-bond acceptors (Lipinski definition) is 4. The Balaban J connectivity index is 1.07. The Kier molecular flexibility index (Phi) is 6.04. The molecule has 0 unspecified atom stereocenters. The Hall–Kier alpha value is -7.43. The van der Waals surface area contributed by atoms with Crippen molar-refractivity contribution in [3.63, 3.8) is 0 Å². The van der Waals surface area contributed by atoms with E-state index in [2.05, 4.69) is 78.9 Å². The molecule has 2 heterocycles. The second-order valence-corrected chi connectivity index (χ2v) is 13.6. The Morgan fingerprint density at radius 3 is 1.56 bits per heavy atom. The average Bonchev–Trinajstić information content (AvgIpc) is 3.69. The molecule has 0 aliphatic heterocycles. The molecule has 0 saturated heterocycles. The quantitative estimate of drug-likeness (QED) is 0.167. The molecule has 4 nitrogen and oxygen atoms in total. The first-order valence-electron chi connectivity index (χ1n) is 20.6. The largest absolute Gasteiger partial charge is 0.456 e. The first-order chi connectivity index (χ1) is 29.3. The lowest BCUT2D eigenvalue weighted by Gasteiger charge is -2.12. The molecule has 0 aliphatic rings. The molecule has 0 amide bonds. The lowest BCUT2D eigenvalue weighted by Crippen LogP contribution is -2.00. The van der Waals surface area contributed by atoms with Gasteiger partial charge >= 0.3 is 0 Å². The monoisotopic (exact) mass is 706 g/mol. The van der Waals surface area contributed by atoms with Gasteiger partial charge in [-0.2, -0.15) is 0 Å². The van der Waals surface area contributed by atoms with Crippen molar-refractivity contribution in [3.05, 3.63) is 188 Å². The second-order valence-electron chi connectivity index (χ2n) is 13.6. The van der Waals surface area contributed by atoms with Gasteiger partial charge in [0.25, 0.3) is 0 Å². The van der Waals surface area contributed by atoms with Crippen molar-refractivity contribution in [1.29, 1.82) is 0 Å². The third-order valence-electron chi connectivity index (χ3n) is 10.4. The molecule has 0 atom stereocenters. The number of benzene rings is 9. The van der Waals surface area contributed by atoms with Crippen molar-refractivity contribution in [1.82, 2.24) is 15.0 Å². The molecule has 55 heavy (non-hydrogen) atoms. The standard InChI is InChI=1S/C51H31N3O/c1-3-12-32(13-4-1)33-22-24-35(25-23-33)50-52-49(34-14-5-2-6-15-34)53-51(54-50)43-20-11-21-47-48(43)45-31-37(27-29-46(45)55-47)36-26-28-42-40-18-8-7-16-38(40)39-17-9-10-19-41(39)44(42)30-36/h1-31H/i1D,3D,4D,12D,13D. The van der Waals surface area contributed by atoms with Gasteiger partial charge in [-0.1, -0.05) is 164 Å². The summed E-state index contributed by atoms with van der Waals surface area (Å²) in [6.45, 7) is 0. The van der Waals surface area contributed by atoms with Crippen LogP contribution in [0.25, 0.3) is 111 Å². The molecule has 9 aromatic carbocycles. The smallest absolute Gasteiger partial charge is 0.164 e. The van der Waals surface area contributed by atoms with Gasteiger partial charge in [0.15, 0.2) is 17.5 Å². The zero-order valence-electron chi connectivity index (χ0n) is 34.3. The Labute approximate surface area is 324 Å². The van der Waals surface area contributed by atoms with Gasteiger partial charge in [0, 0.05) is 27.5 Å². The molecule has 11 rings (SSSR count). The lowest BCUT2D eigenvalue weighted by atomic mass is 9.92. The van der Waals surface area contributed by atoms with Gasteiger partial charge in [0.05, 0.1) is 6.85 Å². The molecular weight excluding hydrogens is 671 g/mol. The van der Waals surface area contributed by atoms with E-state index < -0.39 is 6.04 Å². The van der Waals surface area contributed by atoms with Crippen LogP contribution in [-0.2, 0) is 0 Å². The predicted octanol–water partition coefficient (Wildman–Crippen LogP) is 13.6. The van der Waals surface area contributed by atoms with Crippen molar-refractivity contribution in [2.45, 2.75) is 0 Å². The summed E-state index contributed by atoms with van der Waals surface area (Å²) in [6.07, 6.45) is 0. The highest BCUT2D eigenvalue weighted by molar-refractivity contribution is 6.25. The van der Waals surface area contributed by atoms with Gasteiger partial charge in [0.2, 0.25) is 0 Å². The highest BCUT2D eigenvalue weighted by Gasteiger charge is 2.19. The van der Waals surface area contributed by atoms with Crippen LogP contribution in [0.3, 0.4) is 0 Å². The van der Waals surface area contributed by atoms with Crippen LogP contribution in [0.15, 0.2) is 192 Å². The van der Waals surface area contributed by atoms with Crippen LogP contribution < -0.4 is 0 Å². The van der Waals surface area contributed by atoms with E-state index in [0.717, 1.165) is 38.6 Å². The summed E-state index contributed by atoms with van der Waals surface area (Å²) in [4.78, 5) is 15.0. The Bertz CT molecular complexity index is 3490. The Morgan fingerprint density at radius 1 is 0.345 bits per heavy atom. The molecule has 11 aromatic rings. The molecule has 0 radical (unpaired) electrons. The number of fused-ring (bicyclic) bond motifs is 9. The van der Waals surface area contributed by atoms with E-state index in [4.69, 9.17) is 26.2 Å². The summed E-state index contributed by atoms with van der Waals surface area (Å²) < 4.78 is 47.8. The first kappa shape index (κ1) is 26.4. The summed E-state index contributed by atoms with van der Waals surface area (Å²) in [6, 6.07) is 51.3. The lowest BCUT2D eigenvalue weighted by molar-refractivity contribution is 0.669. The van der Waals surface area contributed by atoms with Crippen molar-refractivity contribution in [2.75, 3.05) is 0 Å². The zero-order valence-corrected chi connectivity index (χ0v) is 29.3. The third kappa shape index (κ3) is 5.26. The van der Waals surface area contributed by atoms with E-state index in [9.17, 15) is 0 Å². The molecule has 0 N–H and O–H groups in total. The van der Waals surface area contributed by atoms with Crippen molar-refractivity contribution in [3.8, 4) is 56.4 Å². The van der Waals surface area contributed by atoms with Crippen LogP contribution in [0.1, 0.15) is 6.85 Å². The van der Waals surface area contributed by atoms with Gasteiger partial charge in [0.1, 0.15) is 11.2 Å². The summed E-state index contributed by atoms with van der Waals surface area (Å²) in [7, 11) is 0. The maximum Gasteiger partial charge on any atom is 0.164 e. The van der Waals surface area contributed by atoms with Crippen molar-refractivity contribution < 1.29 is 11.3 Å². The number of aromatic nitrogens is 3. The minimum Gasteiger partial charge on any atom is -0.456 e. The highest BCUT2D eigenvalue weighted by atomic mass is 16.3. The minimum atomic E-state index is -0.426. The van der Waals surface area contributed by atoms with E-state index in [0.29, 0.717) is 34.2 Å². The van der Waals surface area contributed by atoms with Gasteiger partial charge in [-0.15, -0.1) is 0 Å². The zero-order chi connectivity index (χ0) is 40.6. The fourth-order valence-corrected chi connectivity index (χ4v) is 7.80. The van der Waals surface area contributed by atoms with Crippen LogP contribution in [0.2, 0.25) is 0 Å². The van der Waals surface area contributed by atoms with E-state index in [1.54, 1.807) is 24.3 Å². The number of nitrogens with zero attached hydrogens (tertiary/aromatic N) is 3. The molecule has 256 valence electrons. The van der Waals surface area contributed by atoms with E-state index in [1.807, 2.05) is 54.6 Å². The highest BCUT2D eigenvalue weighted by Crippen LogP contribution is 2.41. The normalized spacial score (nSPS) is 12.9. The maximum absolute atomic E-state index is 8.48. The summed E-state index contributed by atoms with van der Waals surface area (Å²) in [5.74, 6) is 1.39. The van der Waals surface area contributed by atoms with Gasteiger partial charge in [-0.3, -0.25) is 0 Å². The number of furan rings is 1. The minimum absolute atomic E-state index is 0.136. The molecule has 2 aromatic heterocycles. The number of rotatable bonds is 5. The van der Waals surface area contributed by atoms with Gasteiger partial charge in [-0.25, -0.2) is 15.0 Å². The third-order valence-corrected chi connectivity index (χ3v) is 10.4. The molecule has 0 spiro atoms. The van der Waals surface area contributed by atoms with Crippen LogP contribution >= 0.6 is 0 Å². The summed E-state index contributed by atoms with van der Waals surface area (Å²) in [5.41, 5.74) is 6.52.